The minimum absolute atomic E-state index is 0. The molecule has 0 radical (unpaired) electrons. The summed E-state index contributed by atoms with van der Waals surface area (Å²) in [5.41, 5.74) is 6.83. The highest BCUT2D eigenvalue weighted by Crippen LogP contribution is 2.26. The van der Waals surface area contributed by atoms with Crippen molar-refractivity contribution in [2.45, 2.75) is 45.8 Å². The Labute approximate surface area is 260 Å². The second-order valence-electron chi connectivity index (χ2n) is 11.6. The Balaban J connectivity index is 0.00000368. The minimum atomic E-state index is 0. The first kappa shape index (κ1) is 30.7. The normalized spacial score (nSPS) is 17.4. The maximum atomic E-state index is 13.9. The number of hydrogen-bond acceptors (Lipinski definition) is 7. The van der Waals surface area contributed by atoms with Crippen molar-refractivity contribution in [1.82, 2.24) is 24.8 Å². The quantitative estimate of drug-likeness (QED) is 0.347. The van der Waals surface area contributed by atoms with Crippen molar-refractivity contribution in [2.24, 2.45) is 7.05 Å². The Morgan fingerprint density at radius 1 is 0.977 bits per heavy atom. The van der Waals surface area contributed by atoms with E-state index >= 15 is 0 Å². The molecule has 0 saturated carbocycles. The zero-order valence-corrected chi connectivity index (χ0v) is 26.2. The molecule has 0 aliphatic carbocycles. The monoisotopic (exact) mass is 599 g/mol. The molecular formula is C33H41N7O2S. The number of fused-ring (bicyclic) bond motifs is 1. The molecule has 2 aliphatic heterocycles. The third kappa shape index (κ3) is 6.76. The smallest absolute Gasteiger partial charge is 0.240 e. The van der Waals surface area contributed by atoms with E-state index in [0.29, 0.717) is 25.0 Å². The van der Waals surface area contributed by atoms with E-state index in [1.807, 2.05) is 62.3 Å². The molecule has 4 aromatic rings. The van der Waals surface area contributed by atoms with Crippen LogP contribution in [0.4, 0.5) is 11.4 Å². The van der Waals surface area contributed by atoms with Crippen LogP contribution in [-0.2, 0) is 24.9 Å². The molecule has 3 aromatic heterocycles. The fourth-order valence-electron chi connectivity index (χ4n) is 6.30. The second kappa shape index (κ2) is 13.3. The molecule has 10 heteroatoms. The van der Waals surface area contributed by atoms with Crippen molar-refractivity contribution in [2.75, 3.05) is 42.5 Å². The van der Waals surface area contributed by atoms with Gasteiger partial charge >= 0.3 is 0 Å². The molecule has 1 aromatic carbocycles. The Morgan fingerprint density at radius 2 is 1.81 bits per heavy atom. The number of nitrogens with zero attached hydrogens (tertiary/aromatic N) is 6. The number of anilines is 2. The molecule has 5 heterocycles. The number of piperazine rings is 1. The molecule has 1 atom stereocenters. The van der Waals surface area contributed by atoms with Crippen LogP contribution in [0.15, 0.2) is 65.8 Å². The highest BCUT2D eigenvalue weighted by atomic mass is 32.1. The number of benzene rings is 1. The van der Waals surface area contributed by atoms with Crippen molar-refractivity contribution < 1.29 is 4.79 Å². The number of nitrogens with one attached hydrogen (secondary N) is 1. The van der Waals surface area contributed by atoms with Gasteiger partial charge in [-0.25, -0.2) is 0 Å². The second-order valence-corrected chi connectivity index (χ2v) is 11.6. The molecule has 2 saturated heterocycles. The standard InChI is InChI=1S/C33H39N7O2.H2S/c1-23-6-7-28(17-36-23)38-13-4-5-29(22-38)39(19-25-10-11-35-24(2)15-25)21-26-20-37(3)31-16-27(8-9-30(31)33(26)42)40-14-12-34-18-32(40)41;/h6-11,15-17,20,29,34H,4-5,12-14,18-19,21-22H2,1-3H3;1H2/t29-;/m0./s1. The Kier molecular flexibility index (Phi) is 9.49. The van der Waals surface area contributed by atoms with E-state index in [0.717, 1.165) is 72.9 Å². The third-order valence-corrected chi connectivity index (χ3v) is 8.54. The van der Waals surface area contributed by atoms with E-state index in [2.05, 4.69) is 49.4 Å². The summed E-state index contributed by atoms with van der Waals surface area (Å²) in [7, 11) is 1.98. The molecule has 226 valence electrons. The van der Waals surface area contributed by atoms with Crippen molar-refractivity contribution in [1.29, 1.82) is 0 Å². The van der Waals surface area contributed by atoms with Gasteiger partial charge in [0, 0.05) is 92.8 Å². The first-order valence-corrected chi connectivity index (χ1v) is 14.8. The van der Waals surface area contributed by atoms with Gasteiger partial charge in [0.15, 0.2) is 5.43 Å². The summed E-state index contributed by atoms with van der Waals surface area (Å²) >= 11 is 0. The Hall–Kier alpha value is -3.73. The van der Waals surface area contributed by atoms with Crippen LogP contribution in [0.25, 0.3) is 10.9 Å². The maximum absolute atomic E-state index is 13.9. The molecule has 1 N–H and O–H groups in total. The summed E-state index contributed by atoms with van der Waals surface area (Å²) in [6.45, 7) is 8.90. The zero-order valence-electron chi connectivity index (χ0n) is 25.2. The van der Waals surface area contributed by atoms with Crippen molar-refractivity contribution >= 4 is 41.7 Å². The summed E-state index contributed by atoms with van der Waals surface area (Å²) in [4.78, 5) is 42.0. The van der Waals surface area contributed by atoms with E-state index in [4.69, 9.17) is 0 Å². The van der Waals surface area contributed by atoms with Crippen molar-refractivity contribution in [3.8, 4) is 0 Å². The number of carbonyl (C=O) groups excluding carboxylic acids is 1. The third-order valence-electron chi connectivity index (χ3n) is 8.54. The largest absolute Gasteiger partial charge is 0.369 e. The van der Waals surface area contributed by atoms with Crippen LogP contribution < -0.4 is 20.5 Å². The van der Waals surface area contributed by atoms with Crippen LogP contribution in [0.3, 0.4) is 0 Å². The average molecular weight is 600 g/mol. The van der Waals surface area contributed by atoms with Gasteiger partial charge in [-0.15, -0.1) is 0 Å². The van der Waals surface area contributed by atoms with Crippen LogP contribution in [-0.4, -0.2) is 64.1 Å². The maximum Gasteiger partial charge on any atom is 0.240 e. The lowest BCUT2D eigenvalue weighted by Gasteiger charge is -2.40. The number of carbonyl (C=O) groups is 1. The van der Waals surface area contributed by atoms with Crippen molar-refractivity contribution in [3.05, 3.63) is 93.8 Å². The molecule has 0 unspecified atom stereocenters. The summed E-state index contributed by atoms with van der Waals surface area (Å²) in [5, 5.41) is 3.80. The molecule has 0 spiro atoms. The molecule has 1 amide bonds. The lowest BCUT2D eigenvalue weighted by atomic mass is 10.0. The van der Waals surface area contributed by atoms with E-state index < -0.39 is 0 Å². The van der Waals surface area contributed by atoms with Crippen molar-refractivity contribution in [3.63, 3.8) is 0 Å². The molecule has 0 bridgehead atoms. The van der Waals surface area contributed by atoms with Gasteiger partial charge in [-0.3, -0.25) is 24.5 Å². The van der Waals surface area contributed by atoms with Crippen LogP contribution in [0.1, 0.15) is 35.4 Å². The van der Waals surface area contributed by atoms with Gasteiger partial charge in [0.25, 0.3) is 0 Å². The number of aromatic nitrogens is 3. The van der Waals surface area contributed by atoms with E-state index in [1.54, 1.807) is 4.90 Å². The summed E-state index contributed by atoms with van der Waals surface area (Å²) in [6, 6.07) is 14.5. The number of amides is 1. The molecular weight excluding hydrogens is 558 g/mol. The predicted octanol–water partition coefficient (Wildman–Crippen LogP) is 3.67. The Morgan fingerprint density at radius 3 is 2.58 bits per heavy atom. The number of aryl methyl sites for hydroxylation is 3. The van der Waals surface area contributed by atoms with Crippen LogP contribution in [0.2, 0.25) is 0 Å². The van der Waals surface area contributed by atoms with Gasteiger partial charge in [-0.1, -0.05) is 0 Å². The summed E-state index contributed by atoms with van der Waals surface area (Å²) in [6.07, 6.45) is 7.95. The number of hydrogen-bond donors (Lipinski definition) is 1. The summed E-state index contributed by atoms with van der Waals surface area (Å²) in [5.74, 6) is 0.0483. The minimum Gasteiger partial charge on any atom is -0.369 e. The SMILES string of the molecule is Cc1ccc(N2CCC[C@H](N(Cc3ccnc(C)c3)Cc3cn(C)c4cc(N5CCNCC5=O)ccc4c3=O)C2)cn1.S. The fraction of sp³-hybridized carbons (Fsp3) is 0.394. The molecule has 43 heavy (non-hydrogen) atoms. The van der Waals surface area contributed by atoms with E-state index in [1.165, 1.54) is 5.56 Å². The topological polar surface area (TPSA) is 86.6 Å². The number of pyridine rings is 3. The average Bonchev–Trinajstić information content (AvgIpc) is 3.00. The van der Waals surface area contributed by atoms with Gasteiger partial charge in [-0.05, 0) is 74.7 Å². The van der Waals surface area contributed by atoms with Crippen LogP contribution in [0.5, 0.6) is 0 Å². The van der Waals surface area contributed by atoms with Crippen LogP contribution >= 0.6 is 13.5 Å². The van der Waals surface area contributed by atoms with Gasteiger partial charge in [0.1, 0.15) is 0 Å². The highest BCUT2D eigenvalue weighted by molar-refractivity contribution is 7.59. The molecule has 2 fully saturated rings. The number of rotatable bonds is 7. The lowest BCUT2D eigenvalue weighted by molar-refractivity contribution is -0.118. The van der Waals surface area contributed by atoms with Crippen LogP contribution in [0, 0.1) is 13.8 Å². The summed E-state index contributed by atoms with van der Waals surface area (Å²) < 4.78 is 2.03. The first-order valence-electron chi connectivity index (χ1n) is 14.8. The van der Waals surface area contributed by atoms with Gasteiger partial charge in [0.2, 0.25) is 5.91 Å². The first-order chi connectivity index (χ1) is 20.4. The fourth-order valence-corrected chi connectivity index (χ4v) is 6.30. The van der Waals surface area contributed by atoms with E-state index in [9.17, 15) is 9.59 Å². The number of piperidine rings is 1. The van der Waals surface area contributed by atoms with E-state index in [-0.39, 0.29) is 30.9 Å². The molecule has 2 aliphatic rings. The lowest BCUT2D eigenvalue weighted by Crippen LogP contribution is -2.48. The Bertz CT molecular complexity index is 1660. The molecule has 9 nitrogen and oxygen atoms in total. The highest BCUT2D eigenvalue weighted by Gasteiger charge is 2.27. The zero-order chi connectivity index (χ0) is 29.2. The predicted molar refractivity (Wildman–Crippen MR) is 177 cm³/mol. The van der Waals surface area contributed by atoms with Gasteiger partial charge < -0.3 is 19.7 Å². The van der Waals surface area contributed by atoms with Gasteiger partial charge in [-0.2, -0.15) is 13.5 Å². The molecule has 6 rings (SSSR count). The van der Waals surface area contributed by atoms with Gasteiger partial charge in [0.05, 0.1) is 23.9 Å².